The topological polar surface area (TPSA) is 91.6 Å². The van der Waals surface area contributed by atoms with Crippen LogP contribution in [0.25, 0.3) is 6.08 Å². The van der Waals surface area contributed by atoms with Gasteiger partial charge in [-0.1, -0.05) is 41.3 Å². The highest BCUT2D eigenvalue weighted by Gasteiger charge is 2.07. The summed E-state index contributed by atoms with van der Waals surface area (Å²) >= 11 is 2.84. The van der Waals surface area contributed by atoms with Gasteiger partial charge in [0.1, 0.15) is 0 Å². The first kappa shape index (κ1) is 17.8. The molecule has 0 radical (unpaired) electrons. The number of thioether (sulfide) groups is 1. The first-order chi connectivity index (χ1) is 12.7. The lowest BCUT2D eigenvalue weighted by molar-refractivity contribution is -0.111. The first-order valence-corrected chi connectivity index (χ1v) is 9.38. The molecule has 0 unspecified atom stereocenters. The highest BCUT2D eigenvalue weighted by molar-refractivity contribution is 8.00. The molecular weight excluding hydrogens is 366 g/mol. The molecule has 8 heteroatoms. The molecule has 1 N–H and O–H groups in total. The summed E-state index contributed by atoms with van der Waals surface area (Å²) in [5.41, 5.74) is 2.44. The molecular formula is C18H13N5OS2. The van der Waals surface area contributed by atoms with Crippen molar-refractivity contribution >= 4 is 40.2 Å². The molecule has 1 amide bonds. The van der Waals surface area contributed by atoms with E-state index in [1.165, 1.54) is 29.2 Å². The molecule has 0 aliphatic heterocycles. The van der Waals surface area contributed by atoms with Crippen LogP contribution in [0.2, 0.25) is 0 Å². The second-order valence-corrected chi connectivity index (χ2v) is 7.25. The Bertz CT molecular complexity index is 946. The lowest BCUT2D eigenvalue weighted by atomic mass is 10.2. The van der Waals surface area contributed by atoms with Gasteiger partial charge in [-0.05, 0) is 35.9 Å². The normalized spacial score (nSPS) is 10.6. The summed E-state index contributed by atoms with van der Waals surface area (Å²) in [7, 11) is 0. The van der Waals surface area contributed by atoms with E-state index in [9.17, 15) is 4.79 Å². The standard InChI is InChI=1S/C18H13N5OS2/c19-11-13-4-6-14(7-5-13)12-25-18-23-22-17(26-18)21-16(24)9-8-15-3-1-2-10-20-15/h1-10H,12H2,(H,21,22,24). The van der Waals surface area contributed by atoms with Crippen LogP contribution in [-0.4, -0.2) is 21.1 Å². The highest BCUT2D eigenvalue weighted by Crippen LogP contribution is 2.28. The lowest BCUT2D eigenvalue weighted by Crippen LogP contribution is -2.07. The minimum atomic E-state index is -0.282. The number of rotatable bonds is 6. The summed E-state index contributed by atoms with van der Waals surface area (Å²) in [6.07, 6.45) is 4.71. The zero-order chi connectivity index (χ0) is 18.2. The van der Waals surface area contributed by atoms with Crippen LogP contribution >= 0.6 is 23.1 Å². The number of pyridine rings is 1. The smallest absolute Gasteiger partial charge is 0.250 e. The summed E-state index contributed by atoms with van der Waals surface area (Å²) in [5.74, 6) is 0.434. The summed E-state index contributed by atoms with van der Waals surface area (Å²) in [6.45, 7) is 0. The predicted octanol–water partition coefficient (Wildman–Crippen LogP) is 3.75. The predicted molar refractivity (Wildman–Crippen MR) is 103 cm³/mol. The van der Waals surface area contributed by atoms with Crippen molar-refractivity contribution in [3.05, 3.63) is 71.6 Å². The number of nitrogens with zero attached hydrogens (tertiary/aromatic N) is 4. The molecule has 0 bridgehead atoms. The number of anilines is 1. The Morgan fingerprint density at radius 3 is 2.81 bits per heavy atom. The third-order valence-electron chi connectivity index (χ3n) is 3.18. The van der Waals surface area contributed by atoms with Gasteiger partial charge in [0.2, 0.25) is 11.0 Å². The number of carbonyl (C=O) groups excluding carboxylic acids is 1. The van der Waals surface area contributed by atoms with Gasteiger partial charge in [-0.15, -0.1) is 10.2 Å². The second kappa shape index (κ2) is 8.89. The number of carbonyl (C=O) groups is 1. The highest BCUT2D eigenvalue weighted by atomic mass is 32.2. The van der Waals surface area contributed by atoms with Crippen molar-refractivity contribution in [3.8, 4) is 6.07 Å². The van der Waals surface area contributed by atoms with Crippen molar-refractivity contribution < 1.29 is 4.79 Å². The number of hydrogen-bond acceptors (Lipinski definition) is 7. The van der Waals surface area contributed by atoms with Gasteiger partial charge in [-0.3, -0.25) is 15.1 Å². The summed E-state index contributed by atoms with van der Waals surface area (Å²) in [5, 5.41) is 20.0. The molecule has 0 aliphatic carbocycles. The van der Waals surface area contributed by atoms with Crippen LogP contribution in [0.3, 0.4) is 0 Å². The minimum Gasteiger partial charge on any atom is -0.297 e. The Balaban J connectivity index is 1.51. The molecule has 3 aromatic rings. The van der Waals surface area contributed by atoms with Gasteiger partial charge in [-0.2, -0.15) is 5.26 Å². The van der Waals surface area contributed by atoms with E-state index >= 15 is 0 Å². The number of benzene rings is 1. The number of amides is 1. The molecule has 0 saturated carbocycles. The molecule has 0 atom stereocenters. The van der Waals surface area contributed by atoms with Gasteiger partial charge >= 0.3 is 0 Å². The molecule has 2 aromatic heterocycles. The van der Waals surface area contributed by atoms with Crippen molar-refractivity contribution in [2.75, 3.05) is 5.32 Å². The van der Waals surface area contributed by atoms with E-state index in [-0.39, 0.29) is 5.91 Å². The van der Waals surface area contributed by atoms with E-state index in [2.05, 4.69) is 26.6 Å². The second-order valence-electron chi connectivity index (χ2n) is 5.05. The fraction of sp³-hybridized carbons (Fsp3) is 0.0556. The van der Waals surface area contributed by atoms with Gasteiger partial charge in [0.15, 0.2) is 4.34 Å². The van der Waals surface area contributed by atoms with E-state index in [1.807, 2.05) is 30.3 Å². The Morgan fingerprint density at radius 1 is 1.23 bits per heavy atom. The molecule has 0 spiro atoms. The lowest BCUT2D eigenvalue weighted by Gasteiger charge is -1.98. The zero-order valence-corrected chi connectivity index (χ0v) is 15.1. The average Bonchev–Trinajstić information content (AvgIpc) is 3.13. The molecule has 26 heavy (non-hydrogen) atoms. The number of hydrogen-bond donors (Lipinski definition) is 1. The fourth-order valence-corrected chi connectivity index (χ4v) is 3.63. The van der Waals surface area contributed by atoms with Crippen molar-refractivity contribution in [3.63, 3.8) is 0 Å². The maximum atomic E-state index is 11.9. The van der Waals surface area contributed by atoms with E-state index in [0.29, 0.717) is 22.1 Å². The number of nitriles is 1. The summed E-state index contributed by atoms with van der Waals surface area (Å²) < 4.78 is 0.762. The van der Waals surface area contributed by atoms with Crippen molar-refractivity contribution in [2.24, 2.45) is 0 Å². The summed E-state index contributed by atoms with van der Waals surface area (Å²) in [4.78, 5) is 16.0. The maximum Gasteiger partial charge on any atom is 0.250 e. The van der Waals surface area contributed by atoms with Crippen LogP contribution in [0.15, 0.2) is 59.1 Å². The molecule has 0 aliphatic rings. The van der Waals surface area contributed by atoms with Crippen molar-refractivity contribution in [2.45, 2.75) is 10.1 Å². The Hall–Kier alpha value is -3.02. The Morgan fingerprint density at radius 2 is 2.08 bits per heavy atom. The van der Waals surface area contributed by atoms with Crippen LogP contribution in [-0.2, 0) is 10.5 Å². The largest absolute Gasteiger partial charge is 0.297 e. The molecule has 1 aromatic carbocycles. The third kappa shape index (κ3) is 5.24. The van der Waals surface area contributed by atoms with Crippen LogP contribution in [0, 0.1) is 11.3 Å². The van der Waals surface area contributed by atoms with Gasteiger partial charge in [-0.25, -0.2) is 0 Å². The van der Waals surface area contributed by atoms with Gasteiger partial charge in [0.05, 0.1) is 17.3 Å². The van der Waals surface area contributed by atoms with E-state index in [1.54, 1.807) is 24.4 Å². The molecule has 6 nitrogen and oxygen atoms in total. The van der Waals surface area contributed by atoms with Crippen molar-refractivity contribution in [1.82, 2.24) is 15.2 Å². The van der Waals surface area contributed by atoms with E-state index < -0.39 is 0 Å². The molecule has 128 valence electrons. The Kier molecular flexibility index (Phi) is 6.09. The monoisotopic (exact) mass is 379 g/mol. The van der Waals surface area contributed by atoms with E-state index in [0.717, 1.165) is 9.90 Å². The van der Waals surface area contributed by atoms with Gasteiger partial charge < -0.3 is 0 Å². The zero-order valence-electron chi connectivity index (χ0n) is 13.5. The SMILES string of the molecule is N#Cc1ccc(CSc2nnc(NC(=O)C=Cc3ccccn3)s2)cc1. The molecule has 0 fully saturated rings. The van der Waals surface area contributed by atoms with Crippen LogP contribution in [0.5, 0.6) is 0 Å². The molecule has 0 saturated heterocycles. The van der Waals surface area contributed by atoms with Gasteiger partial charge in [0, 0.05) is 18.0 Å². The fourth-order valence-electron chi connectivity index (χ4n) is 1.92. The minimum absolute atomic E-state index is 0.282. The third-order valence-corrected chi connectivity index (χ3v) is 5.22. The first-order valence-electron chi connectivity index (χ1n) is 7.58. The van der Waals surface area contributed by atoms with Crippen LogP contribution in [0.1, 0.15) is 16.8 Å². The quantitative estimate of drug-likeness (QED) is 0.398. The van der Waals surface area contributed by atoms with Crippen LogP contribution in [0.4, 0.5) is 5.13 Å². The summed E-state index contributed by atoms with van der Waals surface area (Å²) in [6, 6.07) is 15.0. The average molecular weight is 379 g/mol. The number of aromatic nitrogens is 3. The maximum absolute atomic E-state index is 11.9. The molecule has 2 heterocycles. The van der Waals surface area contributed by atoms with Crippen LogP contribution < -0.4 is 5.32 Å². The van der Waals surface area contributed by atoms with Gasteiger partial charge in [0.25, 0.3) is 0 Å². The van der Waals surface area contributed by atoms with Crippen molar-refractivity contribution in [1.29, 1.82) is 5.26 Å². The Labute approximate surface area is 158 Å². The van der Waals surface area contributed by atoms with E-state index in [4.69, 9.17) is 5.26 Å². The molecule has 3 rings (SSSR count). The number of nitrogens with one attached hydrogen (secondary N) is 1.